The minimum Gasteiger partial charge on any atom is -0.380 e. The Balaban J connectivity index is 0.00000208. The molecule has 7 nitrogen and oxygen atoms in total. The number of nitrogens with one attached hydrogen (secondary N) is 1. The van der Waals surface area contributed by atoms with Crippen LogP contribution in [-0.2, 0) is 11.2 Å². The fraction of sp³-hybridized carbons (Fsp3) is 0.800. The normalized spacial score (nSPS) is 20.4. The SMILES string of the molecule is CCc1nsc(N2CCN(C(=NC)NCC3(C)COC3)CC2)n1.I. The Bertz CT molecular complexity index is 554. The lowest BCUT2D eigenvalue weighted by Crippen LogP contribution is -2.56. The minimum atomic E-state index is 0. The first kappa shape index (κ1) is 19.6. The molecule has 1 N–H and O–H groups in total. The molecular formula is C15H27IN6OS. The lowest BCUT2D eigenvalue weighted by molar-refractivity contribution is -0.0972. The molecule has 2 aliphatic rings. The van der Waals surface area contributed by atoms with E-state index in [-0.39, 0.29) is 29.4 Å². The van der Waals surface area contributed by atoms with Crippen LogP contribution in [-0.4, -0.2) is 73.2 Å². The standard InChI is InChI=1S/C15H26N6OS.HI/c1-4-12-18-14(23-19-12)21-7-5-20(6-8-21)13(16-3)17-9-15(2)10-22-11-15;/h4-11H2,1-3H3,(H,16,17);1H. The summed E-state index contributed by atoms with van der Waals surface area (Å²) in [5, 5.41) is 4.55. The van der Waals surface area contributed by atoms with Gasteiger partial charge in [-0.3, -0.25) is 4.99 Å². The molecule has 24 heavy (non-hydrogen) atoms. The topological polar surface area (TPSA) is 65.9 Å². The molecule has 9 heteroatoms. The fourth-order valence-electron chi connectivity index (χ4n) is 2.80. The van der Waals surface area contributed by atoms with Crippen molar-refractivity contribution in [3.8, 4) is 0 Å². The Hall–Kier alpha value is -0.680. The number of anilines is 1. The van der Waals surface area contributed by atoms with Crippen LogP contribution in [0.3, 0.4) is 0 Å². The number of aliphatic imine (C=N–C) groups is 1. The van der Waals surface area contributed by atoms with E-state index < -0.39 is 0 Å². The molecule has 2 aliphatic heterocycles. The maximum Gasteiger partial charge on any atom is 0.205 e. The van der Waals surface area contributed by atoms with E-state index in [0.717, 1.165) is 69.3 Å². The Kier molecular flexibility index (Phi) is 7.05. The molecule has 136 valence electrons. The van der Waals surface area contributed by atoms with Crippen LogP contribution in [0.15, 0.2) is 4.99 Å². The number of nitrogens with zero attached hydrogens (tertiary/aromatic N) is 5. The Labute approximate surface area is 165 Å². The largest absolute Gasteiger partial charge is 0.380 e. The number of rotatable bonds is 4. The van der Waals surface area contributed by atoms with Crippen LogP contribution >= 0.6 is 35.5 Å². The van der Waals surface area contributed by atoms with Gasteiger partial charge in [0.05, 0.1) is 13.2 Å². The molecule has 1 aromatic heterocycles. The van der Waals surface area contributed by atoms with E-state index in [0.29, 0.717) is 0 Å². The molecule has 0 aromatic carbocycles. The average molecular weight is 466 g/mol. The zero-order valence-electron chi connectivity index (χ0n) is 14.6. The molecule has 3 rings (SSSR count). The number of halogens is 1. The number of guanidine groups is 1. The lowest BCUT2D eigenvalue weighted by Gasteiger charge is -2.40. The molecule has 0 aliphatic carbocycles. The van der Waals surface area contributed by atoms with Gasteiger partial charge in [-0.05, 0) is 0 Å². The maximum atomic E-state index is 5.31. The molecule has 1 aromatic rings. The van der Waals surface area contributed by atoms with Crippen molar-refractivity contribution in [1.29, 1.82) is 0 Å². The van der Waals surface area contributed by atoms with Crippen LogP contribution in [0, 0.1) is 5.41 Å². The summed E-state index contributed by atoms with van der Waals surface area (Å²) in [4.78, 5) is 13.7. The maximum absolute atomic E-state index is 5.31. The number of aryl methyl sites for hydroxylation is 1. The van der Waals surface area contributed by atoms with Crippen LogP contribution in [0.5, 0.6) is 0 Å². The number of piperazine rings is 1. The summed E-state index contributed by atoms with van der Waals surface area (Å²) in [6.07, 6.45) is 0.898. The quantitative estimate of drug-likeness (QED) is 0.412. The van der Waals surface area contributed by atoms with Crippen molar-refractivity contribution in [1.82, 2.24) is 19.6 Å². The molecule has 3 heterocycles. The van der Waals surface area contributed by atoms with E-state index in [1.54, 1.807) is 0 Å². The van der Waals surface area contributed by atoms with E-state index >= 15 is 0 Å². The van der Waals surface area contributed by atoms with Crippen molar-refractivity contribution in [3.63, 3.8) is 0 Å². The molecule has 0 unspecified atom stereocenters. The molecular weight excluding hydrogens is 439 g/mol. The number of ether oxygens (including phenoxy) is 1. The summed E-state index contributed by atoms with van der Waals surface area (Å²) >= 11 is 1.51. The molecule has 2 fully saturated rings. The zero-order chi connectivity index (χ0) is 16.3. The van der Waals surface area contributed by atoms with E-state index in [2.05, 4.69) is 43.3 Å². The molecule has 0 saturated carbocycles. The first-order valence-corrected chi connectivity index (χ1v) is 9.02. The third-order valence-electron chi connectivity index (χ3n) is 4.41. The second kappa shape index (κ2) is 8.61. The predicted molar refractivity (Wildman–Crippen MR) is 109 cm³/mol. The molecule has 0 amide bonds. The smallest absolute Gasteiger partial charge is 0.205 e. The van der Waals surface area contributed by atoms with Gasteiger partial charge in [-0.25, -0.2) is 4.98 Å². The Morgan fingerprint density at radius 2 is 2.04 bits per heavy atom. The van der Waals surface area contributed by atoms with Gasteiger partial charge in [0.15, 0.2) is 5.96 Å². The number of aromatic nitrogens is 2. The van der Waals surface area contributed by atoms with Gasteiger partial charge in [-0.15, -0.1) is 24.0 Å². The molecule has 0 atom stereocenters. The molecule has 0 radical (unpaired) electrons. The van der Waals surface area contributed by atoms with Gasteiger partial charge in [0, 0.05) is 63.1 Å². The Morgan fingerprint density at radius 1 is 1.33 bits per heavy atom. The van der Waals surface area contributed by atoms with Crippen LogP contribution in [0.25, 0.3) is 0 Å². The summed E-state index contributed by atoms with van der Waals surface area (Å²) in [5.41, 5.74) is 0.251. The van der Waals surface area contributed by atoms with Crippen molar-refractivity contribution >= 4 is 46.6 Å². The van der Waals surface area contributed by atoms with Gasteiger partial charge in [0.2, 0.25) is 5.13 Å². The number of hydrogen-bond acceptors (Lipinski definition) is 6. The summed E-state index contributed by atoms with van der Waals surface area (Å²) in [6.45, 7) is 10.7. The summed E-state index contributed by atoms with van der Waals surface area (Å²) < 4.78 is 9.69. The second-order valence-electron chi connectivity index (χ2n) is 6.53. The van der Waals surface area contributed by atoms with E-state index in [9.17, 15) is 0 Å². The van der Waals surface area contributed by atoms with Gasteiger partial charge < -0.3 is 19.9 Å². The van der Waals surface area contributed by atoms with E-state index in [1.807, 2.05) is 7.05 Å². The van der Waals surface area contributed by atoms with Crippen molar-refractivity contribution in [3.05, 3.63) is 5.82 Å². The molecule has 0 bridgehead atoms. The highest BCUT2D eigenvalue weighted by atomic mass is 127. The van der Waals surface area contributed by atoms with Crippen LogP contribution < -0.4 is 10.2 Å². The molecule has 0 spiro atoms. The lowest BCUT2D eigenvalue weighted by atomic mass is 9.89. The molecule has 2 saturated heterocycles. The third kappa shape index (κ3) is 4.48. The van der Waals surface area contributed by atoms with Crippen molar-refractivity contribution in [2.45, 2.75) is 20.3 Å². The minimum absolute atomic E-state index is 0. The summed E-state index contributed by atoms with van der Waals surface area (Å²) in [5.74, 6) is 1.94. The van der Waals surface area contributed by atoms with E-state index in [4.69, 9.17) is 4.74 Å². The number of hydrogen-bond donors (Lipinski definition) is 1. The van der Waals surface area contributed by atoms with Crippen LogP contribution in [0.4, 0.5) is 5.13 Å². The van der Waals surface area contributed by atoms with E-state index in [1.165, 1.54) is 11.5 Å². The first-order chi connectivity index (χ1) is 11.1. The summed E-state index contributed by atoms with van der Waals surface area (Å²) in [7, 11) is 1.85. The van der Waals surface area contributed by atoms with Crippen molar-refractivity contribution in [2.75, 3.05) is 57.9 Å². The van der Waals surface area contributed by atoms with Crippen molar-refractivity contribution in [2.24, 2.45) is 10.4 Å². The van der Waals surface area contributed by atoms with Gasteiger partial charge in [-0.1, -0.05) is 13.8 Å². The Morgan fingerprint density at radius 3 is 2.54 bits per heavy atom. The van der Waals surface area contributed by atoms with Gasteiger partial charge >= 0.3 is 0 Å². The monoisotopic (exact) mass is 466 g/mol. The average Bonchev–Trinajstić information content (AvgIpc) is 3.03. The highest BCUT2D eigenvalue weighted by Crippen LogP contribution is 2.25. The van der Waals surface area contributed by atoms with Crippen molar-refractivity contribution < 1.29 is 4.74 Å². The highest BCUT2D eigenvalue weighted by Gasteiger charge is 2.34. The van der Waals surface area contributed by atoms with Gasteiger partial charge in [-0.2, -0.15) is 4.37 Å². The van der Waals surface area contributed by atoms with Gasteiger partial charge in [0.1, 0.15) is 5.82 Å². The second-order valence-corrected chi connectivity index (χ2v) is 7.26. The highest BCUT2D eigenvalue weighted by molar-refractivity contribution is 14.0. The predicted octanol–water partition coefficient (Wildman–Crippen LogP) is 1.45. The summed E-state index contributed by atoms with van der Waals surface area (Å²) in [6, 6.07) is 0. The van der Waals surface area contributed by atoms with Gasteiger partial charge in [0.25, 0.3) is 0 Å². The first-order valence-electron chi connectivity index (χ1n) is 8.24. The van der Waals surface area contributed by atoms with Crippen LogP contribution in [0.2, 0.25) is 0 Å². The third-order valence-corrected chi connectivity index (χ3v) is 5.22. The fourth-order valence-corrected chi connectivity index (χ4v) is 3.60. The zero-order valence-corrected chi connectivity index (χ0v) is 17.8. The van der Waals surface area contributed by atoms with Crippen LogP contribution in [0.1, 0.15) is 19.7 Å².